The van der Waals surface area contributed by atoms with Gasteiger partial charge in [-0.1, -0.05) is 26.0 Å². The van der Waals surface area contributed by atoms with Gasteiger partial charge in [-0.25, -0.2) is 13.1 Å². The summed E-state index contributed by atoms with van der Waals surface area (Å²) in [4.78, 5) is 0.0499. The highest BCUT2D eigenvalue weighted by Gasteiger charge is 2.20. The molecule has 0 aliphatic carbocycles. The molecule has 1 aromatic carbocycles. The average Bonchev–Trinajstić information content (AvgIpc) is 2.35. The summed E-state index contributed by atoms with van der Waals surface area (Å²) >= 11 is 0. The van der Waals surface area contributed by atoms with Crippen molar-refractivity contribution in [3.8, 4) is 6.07 Å². The quantitative estimate of drug-likeness (QED) is 0.871. The van der Waals surface area contributed by atoms with Gasteiger partial charge in [-0.15, -0.1) is 0 Å². The molecule has 4 nitrogen and oxygen atoms in total. The lowest BCUT2D eigenvalue weighted by atomic mass is 10.1. The highest BCUT2D eigenvalue weighted by Crippen LogP contribution is 2.16. The highest BCUT2D eigenvalue weighted by atomic mass is 32.2. The van der Waals surface area contributed by atoms with Crippen LogP contribution in [0.3, 0.4) is 0 Å². The number of nitrogens with zero attached hydrogens (tertiary/aromatic N) is 1. The van der Waals surface area contributed by atoms with E-state index >= 15 is 0 Å². The SMILES string of the molecule is CC(C)CC[C@H](C)NS(=O)(=O)c1ccccc1C#N. The first-order valence-electron chi connectivity index (χ1n) is 6.38. The maximum Gasteiger partial charge on any atom is 0.242 e. The van der Waals surface area contributed by atoms with Crippen LogP contribution in [0.2, 0.25) is 0 Å². The molecule has 0 saturated heterocycles. The van der Waals surface area contributed by atoms with Gasteiger partial charge in [-0.2, -0.15) is 5.26 Å². The fourth-order valence-electron chi connectivity index (χ4n) is 1.76. The Labute approximate surface area is 115 Å². The van der Waals surface area contributed by atoms with Crippen molar-refractivity contribution in [2.24, 2.45) is 5.92 Å². The molecule has 1 rings (SSSR count). The lowest BCUT2D eigenvalue weighted by molar-refractivity contribution is 0.485. The standard InChI is InChI=1S/C14H20N2O2S/c1-11(2)8-9-12(3)16-19(17,18)14-7-5-4-6-13(14)10-15/h4-7,11-12,16H,8-9H2,1-3H3/t12-/m0/s1. The fourth-order valence-corrected chi connectivity index (χ4v) is 3.20. The van der Waals surface area contributed by atoms with Crippen molar-refractivity contribution < 1.29 is 8.42 Å². The van der Waals surface area contributed by atoms with Gasteiger partial charge in [0.05, 0.1) is 10.5 Å². The van der Waals surface area contributed by atoms with E-state index in [-0.39, 0.29) is 16.5 Å². The van der Waals surface area contributed by atoms with Gasteiger partial charge >= 0.3 is 0 Å². The summed E-state index contributed by atoms with van der Waals surface area (Å²) in [6, 6.07) is 8.00. The minimum absolute atomic E-state index is 0.0499. The Morgan fingerprint density at radius 1 is 1.21 bits per heavy atom. The smallest absolute Gasteiger partial charge is 0.208 e. The molecule has 0 saturated carbocycles. The summed E-state index contributed by atoms with van der Waals surface area (Å²) in [5.74, 6) is 0.540. The average molecular weight is 280 g/mol. The molecule has 1 aromatic rings. The summed E-state index contributed by atoms with van der Waals surface area (Å²) in [6.07, 6.45) is 1.75. The molecule has 0 aliphatic heterocycles. The molecule has 0 bridgehead atoms. The van der Waals surface area contributed by atoms with Crippen LogP contribution in [-0.4, -0.2) is 14.5 Å². The fraction of sp³-hybridized carbons (Fsp3) is 0.500. The molecule has 1 N–H and O–H groups in total. The van der Waals surface area contributed by atoms with Crippen LogP contribution in [0.4, 0.5) is 0 Å². The lowest BCUT2D eigenvalue weighted by Crippen LogP contribution is -2.33. The minimum atomic E-state index is -3.62. The molecule has 19 heavy (non-hydrogen) atoms. The van der Waals surface area contributed by atoms with Crippen molar-refractivity contribution in [3.05, 3.63) is 29.8 Å². The second-order valence-corrected chi connectivity index (χ2v) is 6.78. The van der Waals surface area contributed by atoms with Gasteiger partial charge in [0.1, 0.15) is 6.07 Å². The number of nitriles is 1. The summed E-state index contributed by atoms with van der Waals surface area (Å²) < 4.78 is 27.0. The molecular formula is C14H20N2O2S. The minimum Gasteiger partial charge on any atom is -0.208 e. The largest absolute Gasteiger partial charge is 0.242 e. The van der Waals surface area contributed by atoms with E-state index in [1.165, 1.54) is 12.1 Å². The Kier molecular flexibility index (Phi) is 5.52. The third-order valence-electron chi connectivity index (χ3n) is 2.83. The zero-order chi connectivity index (χ0) is 14.5. The number of hydrogen-bond donors (Lipinski definition) is 1. The first-order valence-corrected chi connectivity index (χ1v) is 7.86. The molecule has 0 spiro atoms. The number of sulfonamides is 1. The second kappa shape index (κ2) is 6.69. The Morgan fingerprint density at radius 2 is 1.84 bits per heavy atom. The van der Waals surface area contributed by atoms with E-state index in [9.17, 15) is 8.42 Å². The van der Waals surface area contributed by atoms with Crippen molar-refractivity contribution in [2.75, 3.05) is 0 Å². The third kappa shape index (κ3) is 4.66. The monoisotopic (exact) mass is 280 g/mol. The molecule has 104 valence electrons. The molecule has 0 heterocycles. The number of benzene rings is 1. The Morgan fingerprint density at radius 3 is 2.42 bits per heavy atom. The van der Waals surface area contributed by atoms with E-state index < -0.39 is 10.0 Å². The summed E-state index contributed by atoms with van der Waals surface area (Å²) in [6.45, 7) is 6.05. The first-order chi connectivity index (χ1) is 8.86. The van der Waals surface area contributed by atoms with Crippen molar-refractivity contribution in [3.63, 3.8) is 0 Å². The zero-order valence-electron chi connectivity index (χ0n) is 11.6. The van der Waals surface area contributed by atoms with E-state index in [2.05, 4.69) is 18.6 Å². The maximum absolute atomic E-state index is 12.2. The highest BCUT2D eigenvalue weighted by molar-refractivity contribution is 7.89. The van der Waals surface area contributed by atoms with E-state index in [1.807, 2.05) is 13.0 Å². The van der Waals surface area contributed by atoms with Crippen LogP contribution in [0.25, 0.3) is 0 Å². The van der Waals surface area contributed by atoms with E-state index in [1.54, 1.807) is 12.1 Å². The van der Waals surface area contributed by atoms with Crippen LogP contribution in [0.1, 0.15) is 39.2 Å². The Balaban J connectivity index is 2.84. The maximum atomic E-state index is 12.2. The van der Waals surface area contributed by atoms with Crippen LogP contribution in [0, 0.1) is 17.2 Å². The zero-order valence-corrected chi connectivity index (χ0v) is 12.4. The van der Waals surface area contributed by atoms with Gasteiger partial charge in [0, 0.05) is 6.04 Å². The summed E-state index contributed by atoms with van der Waals surface area (Å²) in [5.41, 5.74) is 0.172. The molecule has 0 unspecified atom stereocenters. The van der Waals surface area contributed by atoms with Crippen molar-refractivity contribution in [1.29, 1.82) is 5.26 Å². The number of hydrogen-bond acceptors (Lipinski definition) is 3. The Hall–Kier alpha value is -1.38. The predicted octanol–water partition coefficient (Wildman–Crippen LogP) is 2.66. The van der Waals surface area contributed by atoms with E-state index in [0.29, 0.717) is 5.92 Å². The molecular weight excluding hydrogens is 260 g/mol. The van der Waals surface area contributed by atoms with E-state index in [4.69, 9.17) is 5.26 Å². The number of nitrogens with one attached hydrogen (secondary N) is 1. The van der Waals surface area contributed by atoms with Crippen LogP contribution < -0.4 is 4.72 Å². The van der Waals surface area contributed by atoms with Gasteiger partial charge in [0.2, 0.25) is 10.0 Å². The van der Waals surface area contributed by atoms with Gasteiger partial charge in [0.25, 0.3) is 0 Å². The molecule has 0 aromatic heterocycles. The predicted molar refractivity (Wildman–Crippen MR) is 75.0 cm³/mol. The van der Waals surface area contributed by atoms with Crippen LogP contribution in [0.15, 0.2) is 29.2 Å². The Bertz CT molecular complexity index is 559. The lowest BCUT2D eigenvalue weighted by Gasteiger charge is -2.15. The molecule has 0 fully saturated rings. The van der Waals surface area contributed by atoms with Gasteiger partial charge in [-0.05, 0) is 37.8 Å². The van der Waals surface area contributed by atoms with Crippen LogP contribution >= 0.6 is 0 Å². The van der Waals surface area contributed by atoms with Gasteiger partial charge in [-0.3, -0.25) is 0 Å². The summed E-state index contributed by atoms with van der Waals surface area (Å²) in [5, 5.41) is 8.95. The van der Waals surface area contributed by atoms with Gasteiger partial charge < -0.3 is 0 Å². The van der Waals surface area contributed by atoms with Crippen molar-refractivity contribution in [2.45, 2.75) is 44.6 Å². The normalized spacial score (nSPS) is 13.2. The third-order valence-corrected chi connectivity index (χ3v) is 4.48. The van der Waals surface area contributed by atoms with Crippen molar-refractivity contribution >= 4 is 10.0 Å². The van der Waals surface area contributed by atoms with E-state index in [0.717, 1.165) is 12.8 Å². The van der Waals surface area contributed by atoms with Crippen LogP contribution in [-0.2, 0) is 10.0 Å². The van der Waals surface area contributed by atoms with Gasteiger partial charge in [0.15, 0.2) is 0 Å². The molecule has 0 radical (unpaired) electrons. The molecule has 0 aliphatic rings. The molecule has 1 atom stereocenters. The van der Waals surface area contributed by atoms with Crippen molar-refractivity contribution in [1.82, 2.24) is 4.72 Å². The number of rotatable bonds is 6. The summed E-state index contributed by atoms with van der Waals surface area (Å²) in [7, 11) is -3.62. The first kappa shape index (κ1) is 15.7. The molecule has 0 amide bonds. The molecule has 5 heteroatoms. The van der Waals surface area contributed by atoms with Crippen LogP contribution in [0.5, 0.6) is 0 Å². The topological polar surface area (TPSA) is 70.0 Å². The second-order valence-electron chi connectivity index (χ2n) is 5.10.